The first kappa shape index (κ1) is 17.5. The van der Waals surface area contributed by atoms with Gasteiger partial charge in [0.1, 0.15) is 6.26 Å². The molecular formula is C14H12F3N3O4. The van der Waals surface area contributed by atoms with E-state index >= 15 is 0 Å². The fraction of sp³-hybridized carbons (Fsp3) is 0.214. The van der Waals surface area contributed by atoms with E-state index in [1.54, 1.807) is 0 Å². The standard InChI is InChI=1S/C14H12F3N3O4/c15-14(16,17)9-3-1-8(2-4-9)10(21)7-18-12(22)13(23)19-11-5-6-24-20-11/h1-6,10,21H,7H2,(H,18,22)(H,19,20,23). The number of aliphatic hydroxyl groups excluding tert-OH is 1. The molecule has 0 saturated heterocycles. The lowest BCUT2D eigenvalue weighted by atomic mass is 10.1. The average Bonchev–Trinajstić information content (AvgIpc) is 3.04. The molecule has 0 spiro atoms. The zero-order valence-corrected chi connectivity index (χ0v) is 12.0. The Morgan fingerprint density at radius 2 is 1.83 bits per heavy atom. The number of amides is 2. The number of hydrogen-bond acceptors (Lipinski definition) is 5. The van der Waals surface area contributed by atoms with Gasteiger partial charge in [0.05, 0.1) is 11.7 Å². The topological polar surface area (TPSA) is 104 Å². The Balaban J connectivity index is 1.87. The van der Waals surface area contributed by atoms with Crippen molar-refractivity contribution >= 4 is 17.6 Å². The molecule has 3 N–H and O–H groups in total. The second-order valence-corrected chi connectivity index (χ2v) is 4.68. The molecule has 1 unspecified atom stereocenters. The molecule has 1 aromatic heterocycles. The van der Waals surface area contributed by atoms with Crippen LogP contribution in [0.5, 0.6) is 0 Å². The van der Waals surface area contributed by atoms with Crippen molar-refractivity contribution in [2.45, 2.75) is 12.3 Å². The first-order chi connectivity index (χ1) is 11.3. The van der Waals surface area contributed by atoms with Gasteiger partial charge < -0.3 is 14.9 Å². The Morgan fingerprint density at radius 1 is 1.17 bits per heavy atom. The summed E-state index contributed by atoms with van der Waals surface area (Å²) in [6.07, 6.45) is -4.55. The fourth-order valence-electron chi connectivity index (χ4n) is 1.73. The molecule has 1 heterocycles. The van der Waals surface area contributed by atoms with Gasteiger partial charge >= 0.3 is 18.0 Å². The quantitative estimate of drug-likeness (QED) is 0.730. The molecule has 10 heteroatoms. The molecule has 2 amide bonds. The van der Waals surface area contributed by atoms with Crippen molar-refractivity contribution in [3.63, 3.8) is 0 Å². The zero-order valence-electron chi connectivity index (χ0n) is 12.0. The largest absolute Gasteiger partial charge is 0.416 e. The first-order valence-electron chi connectivity index (χ1n) is 6.62. The van der Waals surface area contributed by atoms with Crippen molar-refractivity contribution in [3.05, 3.63) is 47.7 Å². The van der Waals surface area contributed by atoms with Gasteiger partial charge in [-0.2, -0.15) is 13.2 Å². The van der Waals surface area contributed by atoms with E-state index in [9.17, 15) is 27.9 Å². The number of aromatic nitrogens is 1. The van der Waals surface area contributed by atoms with Crippen LogP contribution in [0.15, 0.2) is 41.1 Å². The van der Waals surface area contributed by atoms with Crippen LogP contribution in [-0.4, -0.2) is 28.6 Å². The number of alkyl halides is 3. The third kappa shape index (κ3) is 4.56. The summed E-state index contributed by atoms with van der Waals surface area (Å²) in [6.45, 7) is -0.351. The van der Waals surface area contributed by atoms with Crippen LogP contribution >= 0.6 is 0 Å². The second-order valence-electron chi connectivity index (χ2n) is 4.68. The summed E-state index contributed by atoms with van der Waals surface area (Å²) in [5.74, 6) is -2.02. The normalized spacial score (nSPS) is 12.5. The summed E-state index contributed by atoms with van der Waals surface area (Å²) >= 11 is 0. The van der Waals surface area contributed by atoms with Gasteiger partial charge in [-0.05, 0) is 17.7 Å². The summed E-state index contributed by atoms with van der Waals surface area (Å²) in [7, 11) is 0. The lowest BCUT2D eigenvalue weighted by molar-refractivity contribution is -0.137. The van der Waals surface area contributed by atoms with E-state index in [4.69, 9.17) is 0 Å². The lowest BCUT2D eigenvalue weighted by Crippen LogP contribution is -2.37. The van der Waals surface area contributed by atoms with Crippen molar-refractivity contribution in [1.29, 1.82) is 0 Å². The minimum absolute atomic E-state index is 0.0402. The van der Waals surface area contributed by atoms with Crippen molar-refractivity contribution in [2.24, 2.45) is 0 Å². The summed E-state index contributed by atoms with van der Waals surface area (Å²) in [5.41, 5.74) is -0.685. The van der Waals surface area contributed by atoms with Gasteiger partial charge in [-0.25, -0.2) is 0 Å². The molecule has 128 valence electrons. The Labute approximate surface area is 133 Å². The van der Waals surface area contributed by atoms with Gasteiger partial charge in [0, 0.05) is 12.6 Å². The molecule has 0 radical (unpaired) electrons. The van der Waals surface area contributed by atoms with Crippen LogP contribution in [0.3, 0.4) is 0 Å². The number of aliphatic hydroxyl groups is 1. The Bertz CT molecular complexity index is 699. The number of rotatable bonds is 4. The molecule has 2 aromatic rings. The number of nitrogens with one attached hydrogen (secondary N) is 2. The molecule has 0 aliphatic rings. The predicted octanol–water partition coefficient (Wildman–Crippen LogP) is 1.48. The maximum atomic E-state index is 12.4. The third-order valence-corrected chi connectivity index (χ3v) is 2.96. The minimum atomic E-state index is -4.48. The number of carbonyl (C=O) groups excluding carboxylic acids is 2. The van der Waals surface area contributed by atoms with Crippen molar-refractivity contribution in [3.8, 4) is 0 Å². The minimum Gasteiger partial charge on any atom is -0.387 e. The highest BCUT2D eigenvalue weighted by molar-refractivity contribution is 6.39. The molecule has 0 aliphatic heterocycles. The smallest absolute Gasteiger partial charge is 0.387 e. The first-order valence-corrected chi connectivity index (χ1v) is 6.62. The lowest BCUT2D eigenvalue weighted by Gasteiger charge is -2.13. The summed E-state index contributed by atoms with van der Waals surface area (Å²) in [6, 6.07) is 5.14. The third-order valence-electron chi connectivity index (χ3n) is 2.96. The molecule has 0 aliphatic carbocycles. The van der Waals surface area contributed by atoms with Gasteiger partial charge in [-0.3, -0.25) is 14.9 Å². The van der Waals surface area contributed by atoms with E-state index in [0.29, 0.717) is 0 Å². The van der Waals surface area contributed by atoms with Gasteiger partial charge in [0.25, 0.3) is 0 Å². The summed E-state index contributed by atoms with van der Waals surface area (Å²) < 4.78 is 41.8. The highest BCUT2D eigenvalue weighted by atomic mass is 19.4. The van der Waals surface area contributed by atoms with Gasteiger partial charge in [0.2, 0.25) is 0 Å². The van der Waals surface area contributed by atoms with Crippen LogP contribution in [0, 0.1) is 0 Å². The van der Waals surface area contributed by atoms with E-state index in [2.05, 4.69) is 20.3 Å². The maximum Gasteiger partial charge on any atom is 0.416 e. The molecular weight excluding hydrogens is 331 g/mol. The van der Waals surface area contributed by atoms with Crippen LogP contribution in [0.1, 0.15) is 17.2 Å². The predicted molar refractivity (Wildman–Crippen MR) is 74.5 cm³/mol. The summed E-state index contributed by atoms with van der Waals surface area (Å²) in [5, 5.41) is 17.5. The number of nitrogens with zero attached hydrogens (tertiary/aromatic N) is 1. The van der Waals surface area contributed by atoms with Crippen molar-refractivity contribution < 1.29 is 32.4 Å². The van der Waals surface area contributed by atoms with Gasteiger partial charge in [-0.1, -0.05) is 17.3 Å². The Morgan fingerprint density at radius 3 is 2.38 bits per heavy atom. The van der Waals surface area contributed by atoms with Crippen LogP contribution in [-0.2, 0) is 15.8 Å². The Hall–Kier alpha value is -2.88. The van der Waals surface area contributed by atoms with Gasteiger partial charge in [-0.15, -0.1) is 0 Å². The molecule has 1 aromatic carbocycles. The molecule has 0 bridgehead atoms. The number of anilines is 1. The average molecular weight is 343 g/mol. The fourth-order valence-corrected chi connectivity index (χ4v) is 1.73. The Kier molecular flexibility index (Phi) is 5.19. The van der Waals surface area contributed by atoms with Crippen LogP contribution in [0.4, 0.5) is 19.0 Å². The molecule has 24 heavy (non-hydrogen) atoms. The highest BCUT2D eigenvalue weighted by Gasteiger charge is 2.30. The van der Waals surface area contributed by atoms with Crippen LogP contribution in [0.2, 0.25) is 0 Å². The second kappa shape index (κ2) is 7.13. The molecule has 0 saturated carbocycles. The van der Waals surface area contributed by atoms with Crippen LogP contribution in [0.25, 0.3) is 0 Å². The van der Waals surface area contributed by atoms with Crippen molar-refractivity contribution in [1.82, 2.24) is 10.5 Å². The zero-order chi connectivity index (χ0) is 17.7. The highest BCUT2D eigenvalue weighted by Crippen LogP contribution is 2.29. The number of hydrogen-bond donors (Lipinski definition) is 3. The molecule has 2 rings (SSSR count). The number of carbonyl (C=O) groups is 2. The molecule has 1 atom stereocenters. The molecule has 7 nitrogen and oxygen atoms in total. The van der Waals surface area contributed by atoms with E-state index in [1.165, 1.54) is 12.3 Å². The maximum absolute atomic E-state index is 12.4. The summed E-state index contributed by atoms with van der Waals surface area (Å²) in [4.78, 5) is 23.1. The van der Waals surface area contributed by atoms with E-state index in [0.717, 1.165) is 24.3 Å². The SMILES string of the molecule is O=C(NCC(O)c1ccc(C(F)(F)F)cc1)C(=O)Nc1ccon1. The van der Waals surface area contributed by atoms with E-state index in [1.807, 2.05) is 0 Å². The number of halogens is 3. The van der Waals surface area contributed by atoms with E-state index < -0.39 is 29.7 Å². The van der Waals surface area contributed by atoms with Gasteiger partial charge in [0.15, 0.2) is 5.82 Å². The molecule has 0 fully saturated rings. The van der Waals surface area contributed by atoms with E-state index in [-0.39, 0.29) is 17.9 Å². The van der Waals surface area contributed by atoms with Crippen LogP contribution < -0.4 is 10.6 Å². The van der Waals surface area contributed by atoms with Crippen molar-refractivity contribution in [2.75, 3.05) is 11.9 Å². The monoisotopic (exact) mass is 343 g/mol. The number of benzene rings is 1.